The first-order valence-electron chi connectivity index (χ1n) is 3.13. The van der Waals surface area contributed by atoms with Gasteiger partial charge in [-0.2, -0.15) is 0 Å². The van der Waals surface area contributed by atoms with Crippen molar-refractivity contribution in [1.29, 1.82) is 0 Å². The second-order valence-electron chi connectivity index (χ2n) is 2.08. The first kappa shape index (κ1) is 7.92. The molecule has 0 rings (SSSR count). The van der Waals surface area contributed by atoms with E-state index in [1.54, 1.807) is 0 Å². The Morgan fingerprint density at radius 1 is 1.38 bits per heavy atom. The Bertz CT molecular complexity index is 45.8. The largest absolute Gasteiger partial charge is 0.320 e. The van der Waals surface area contributed by atoms with E-state index < -0.39 is 0 Å². The van der Waals surface area contributed by atoms with Crippen LogP contribution in [-0.2, 0) is 0 Å². The van der Waals surface area contributed by atoms with Gasteiger partial charge in [-0.15, -0.1) is 0 Å². The van der Waals surface area contributed by atoms with Gasteiger partial charge in [0.1, 0.15) is 0 Å². The molecule has 8 heavy (non-hydrogen) atoms. The normalized spacial score (nSPS) is 13.9. The molecule has 50 valence electrons. The van der Waals surface area contributed by atoms with E-state index in [-0.39, 0.29) is 0 Å². The molecule has 2 nitrogen and oxygen atoms in total. The lowest BCUT2D eigenvalue weighted by atomic mass is 10.2. The van der Waals surface area contributed by atoms with Crippen LogP contribution in [0.2, 0.25) is 0 Å². The third-order valence-electron chi connectivity index (χ3n) is 1.32. The summed E-state index contributed by atoms with van der Waals surface area (Å²) in [7, 11) is 3.96. The predicted octanol–water partition coefficient (Wildman–Crippen LogP) is 0.204. The van der Waals surface area contributed by atoms with E-state index in [0.29, 0.717) is 6.04 Å². The van der Waals surface area contributed by atoms with Crippen molar-refractivity contribution in [2.24, 2.45) is 0 Å². The maximum atomic E-state index is 3.16. The van der Waals surface area contributed by atoms with Crippen molar-refractivity contribution in [3.05, 3.63) is 0 Å². The predicted molar refractivity (Wildman–Crippen MR) is 37.1 cm³/mol. The molecule has 0 aromatic rings. The fourth-order valence-electron chi connectivity index (χ4n) is 0.505. The lowest BCUT2D eigenvalue weighted by molar-refractivity contribution is 0.548. The van der Waals surface area contributed by atoms with E-state index in [0.717, 1.165) is 6.54 Å². The molecule has 0 saturated heterocycles. The Labute approximate surface area is 51.7 Å². The van der Waals surface area contributed by atoms with E-state index in [2.05, 4.69) is 17.6 Å². The van der Waals surface area contributed by atoms with E-state index >= 15 is 0 Å². The Morgan fingerprint density at radius 3 is 2.38 bits per heavy atom. The van der Waals surface area contributed by atoms with Crippen molar-refractivity contribution >= 4 is 0 Å². The van der Waals surface area contributed by atoms with Crippen molar-refractivity contribution in [2.75, 3.05) is 20.6 Å². The van der Waals surface area contributed by atoms with Gasteiger partial charge in [-0.05, 0) is 34.0 Å². The monoisotopic (exact) mass is 116 g/mol. The van der Waals surface area contributed by atoms with Crippen LogP contribution >= 0.6 is 0 Å². The maximum absolute atomic E-state index is 3.16. The zero-order valence-corrected chi connectivity index (χ0v) is 5.99. The van der Waals surface area contributed by atoms with E-state index in [1.165, 1.54) is 6.42 Å². The molecule has 1 unspecified atom stereocenters. The molecule has 2 N–H and O–H groups in total. The van der Waals surface area contributed by atoms with Crippen LogP contribution in [0.3, 0.4) is 0 Å². The quantitative estimate of drug-likeness (QED) is 0.548. The molecule has 0 amide bonds. The van der Waals surface area contributed by atoms with Crippen LogP contribution in [0.1, 0.15) is 13.3 Å². The summed E-state index contributed by atoms with van der Waals surface area (Å²) in [6.45, 7) is 3.28. The van der Waals surface area contributed by atoms with Crippen LogP contribution in [0.25, 0.3) is 0 Å². The molecule has 0 bridgehead atoms. The van der Waals surface area contributed by atoms with Crippen LogP contribution in [0.4, 0.5) is 0 Å². The molecule has 0 aliphatic carbocycles. The second-order valence-corrected chi connectivity index (χ2v) is 2.08. The van der Waals surface area contributed by atoms with Gasteiger partial charge in [0, 0.05) is 6.04 Å². The Kier molecular flexibility index (Phi) is 5.01. The summed E-state index contributed by atoms with van der Waals surface area (Å²) in [5.74, 6) is 0. The van der Waals surface area contributed by atoms with E-state index in [1.807, 2.05) is 14.1 Å². The Balaban J connectivity index is 2.86. The van der Waals surface area contributed by atoms with Gasteiger partial charge in [-0.1, -0.05) is 0 Å². The minimum atomic E-state index is 0.641. The highest BCUT2D eigenvalue weighted by molar-refractivity contribution is 4.56. The van der Waals surface area contributed by atoms with Crippen LogP contribution < -0.4 is 10.6 Å². The topological polar surface area (TPSA) is 24.1 Å². The van der Waals surface area contributed by atoms with Gasteiger partial charge in [-0.3, -0.25) is 0 Å². The first-order chi connectivity index (χ1) is 3.81. The summed E-state index contributed by atoms with van der Waals surface area (Å²) < 4.78 is 0. The van der Waals surface area contributed by atoms with Crippen LogP contribution in [-0.4, -0.2) is 26.7 Å². The van der Waals surface area contributed by atoms with Gasteiger partial charge in [0.2, 0.25) is 0 Å². The molecular weight excluding hydrogens is 100 g/mol. The van der Waals surface area contributed by atoms with Gasteiger partial charge in [0.25, 0.3) is 0 Å². The highest BCUT2D eigenvalue weighted by Gasteiger charge is 1.93. The average molecular weight is 116 g/mol. The summed E-state index contributed by atoms with van der Waals surface area (Å²) in [6.07, 6.45) is 1.20. The van der Waals surface area contributed by atoms with Gasteiger partial charge in [-0.25, -0.2) is 0 Å². The highest BCUT2D eigenvalue weighted by atomic mass is 14.9. The number of nitrogens with one attached hydrogen (secondary N) is 2. The van der Waals surface area contributed by atoms with Crippen molar-refractivity contribution < 1.29 is 0 Å². The minimum Gasteiger partial charge on any atom is -0.320 e. The zero-order valence-electron chi connectivity index (χ0n) is 5.99. The molecule has 0 fully saturated rings. The molecule has 0 spiro atoms. The van der Waals surface area contributed by atoms with Gasteiger partial charge in [0.15, 0.2) is 0 Å². The summed E-state index contributed by atoms with van der Waals surface area (Å²) in [6, 6.07) is 0.641. The molecule has 0 saturated carbocycles. The maximum Gasteiger partial charge on any atom is 0.00478 e. The molecule has 0 aliphatic rings. The SMILES string of the molecule is CNCCC(C)NC. The highest BCUT2D eigenvalue weighted by Crippen LogP contribution is 1.84. The van der Waals surface area contributed by atoms with Gasteiger partial charge < -0.3 is 10.6 Å². The number of hydrogen-bond acceptors (Lipinski definition) is 2. The zero-order chi connectivity index (χ0) is 6.41. The molecule has 1 atom stereocenters. The van der Waals surface area contributed by atoms with Crippen molar-refractivity contribution in [1.82, 2.24) is 10.6 Å². The van der Waals surface area contributed by atoms with Crippen molar-refractivity contribution in [2.45, 2.75) is 19.4 Å². The number of rotatable bonds is 4. The lowest BCUT2D eigenvalue weighted by Gasteiger charge is -2.07. The Morgan fingerprint density at radius 2 is 2.00 bits per heavy atom. The summed E-state index contributed by atoms with van der Waals surface area (Å²) in [5.41, 5.74) is 0. The smallest absolute Gasteiger partial charge is 0.00478 e. The number of hydrogen-bond donors (Lipinski definition) is 2. The van der Waals surface area contributed by atoms with Gasteiger partial charge in [0.05, 0.1) is 0 Å². The van der Waals surface area contributed by atoms with Gasteiger partial charge >= 0.3 is 0 Å². The van der Waals surface area contributed by atoms with Crippen LogP contribution in [0, 0.1) is 0 Å². The van der Waals surface area contributed by atoms with Crippen molar-refractivity contribution in [3.8, 4) is 0 Å². The molecule has 0 heterocycles. The van der Waals surface area contributed by atoms with E-state index in [9.17, 15) is 0 Å². The summed E-state index contributed by atoms with van der Waals surface area (Å²) >= 11 is 0. The van der Waals surface area contributed by atoms with Crippen molar-refractivity contribution in [3.63, 3.8) is 0 Å². The fraction of sp³-hybridized carbons (Fsp3) is 1.00. The average Bonchev–Trinajstić information content (AvgIpc) is 1.83. The summed E-state index contributed by atoms with van der Waals surface area (Å²) in [5, 5.41) is 6.25. The third-order valence-corrected chi connectivity index (χ3v) is 1.32. The van der Waals surface area contributed by atoms with Crippen LogP contribution in [0.5, 0.6) is 0 Å². The molecule has 0 aromatic carbocycles. The molecule has 0 aliphatic heterocycles. The standard InChI is InChI=1S/C6H16N2/c1-6(8-3)4-5-7-2/h6-8H,4-5H2,1-3H3. The minimum absolute atomic E-state index is 0.641. The third kappa shape index (κ3) is 4.09. The second kappa shape index (κ2) is 5.06. The fourth-order valence-corrected chi connectivity index (χ4v) is 0.505. The lowest BCUT2D eigenvalue weighted by Crippen LogP contribution is -2.25. The summed E-state index contributed by atoms with van der Waals surface area (Å²) in [4.78, 5) is 0. The molecule has 2 heteroatoms. The first-order valence-corrected chi connectivity index (χ1v) is 3.13. The molecular formula is C6H16N2. The molecule has 0 aromatic heterocycles. The van der Waals surface area contributed by atoms with E-state index in [4.69, 9.17) is 0 Å². The van der Waals surface area contributed by atoms with Crippen LogP contribution in [0.15, 0.2) is 0 Å². The molecule has 0 radical (unpaired) electrons. The Hall–Kier alpha value is -0.0800.